The molecule has 0 saturated carbocycles. The molecule has 2 aliphatic rings. The minimum Gasteiger partial charge on any atom is -0.343 e. The Hall–Kier alpha value is -3.00. The van der Waals surface area contributed by atoms with Gasteiger partial charge in [0.15, 0.2) is 0 Å². The molecule has 1 aromatic carbocycles. The first-order valence-corrected chi connectivity index (χ1v) is 13.5. The van der Waals surface area contributed by atoms with Crippen molar-refractivity contribution in [2.75, 3.05) is 26.2 Å². The molecule has 3 aromatic rings. The van der Waals surface area contributed by atoms with Gasteiger partial charge in [0.25, 0.3) is 5.56 Å². The number of nitrogens with zero attached hydrogens (tertiary/aromatic N) is 4. The molecule has 184 valence electrons. The Balaban J connectivity index is 1.21. The smallest absolute Gasteiger partial charge is 0.262 e. The SMILES string of the molecule is Cc1ccc(-c2csc3ncn(CCC(=O)N4CCC(C(=O)N5CCCCC5)CC4)c(=O)c23)cc1. The van der Waals surface area contributed by atoms with E-state index in [2.05, 4.69) is 4.98 Å². The molecular formula is C27H32N4O3S. The fraction of sp³-hybridized carbons (Fsp3) is 0.481. The minimum absolute atomic E-state index is 0.0324. The van der Waals surface area contributed by atoms with Gasteiger partial charge in [-0.15, -0.1) is 11.3 Å². The number of benzene rings is 1. The lowest BCUT2D eigenvalue weighted by Gasteiger charge is -2.35. The summed E-state index contributed by atoms with van der Waals surface area (Å²) in [6, 6.07) is 8.12. The molecule has 2 fully saturated rings. The standard InChI is InChI=1S/C27H32N4O3S/c1-19-5-7-20(8-6-19)22-17-35-25-24(22)27(34)31(18-28-25)16-11-23(32)29-14-9-21(10-15-29)26(33)30-12-3-2-4-13-30/h5-8,17-18,21H,2-4,9-16H2,1H3. The Kier molecular flexibility index (Phi) is 7.00. The van der Waals surface area contributed by atoms with E-state index in [0.717, 1.165) is 49.9 Å². The second kappa shape index (κ2) is 10.3. The number of aromatic nitrogens is 2. The molecule has 0 atom stereocenters. The Morgan fingerprint density at radius 1 is 1.00 bits per heavy atom. The fourth-order valence-electron chi connectivity index (χ4n) is 5.19. The first-order chi connectivity index (χ1) is 17.0. The summed E-state index contributed by atoms with van der Waals surface area (Å²) in [5.74, 6) is 0.331. The second-order valence-electron chi connectivity index (χ2n) is 9.73. The summed E-state index contributed by atoms with van der Waals surface area (Å²) < 4.78 is 1.55. The van der Waals surface area contributed by atoms with E-state index in [1.807, 2.05) is 46.4 Å². The number of aryl methyl sites for hydroxylation is 2. The van der Waals surface area contributed by atoms with Crippen molar-refractivity contribution in [2.24, 2.45) is 5.92 Å². The maximum atomic E-state index is 13.3. The molecule has 0 spiro atoms. The quantitative estimate of drug-likeness (QED) is 0.538. The van der Waals surface area contributed by atoms with Gasteiger partial charge in [0.2, 0.25) is 11.8 Å². The van der Waals surface area contributed by atoms with Crippen LogP contribution in [-0.2, 0) is 16.1 Å². The van der Waals surface area contributed by atoms with Crippen LogP contribution in [-0.4, -0.2) is 57.3 Å². The zero-order chi connectivity index (χ0) is 24.4. The average molecular weight is 493 g/mol. The predicted octanol–water partition coefficient (Wildman–Crippen LogP) is 4.07. The molecule has 2 saturated heterocycles. The lowest BCUT2D eigenvalue weighted by molar-refractivity contribution is -0.141. The van der Waals surface area contributed by atoms with Gasteiger partial charge in [-0.05, 0) is 44.6 Å². The van der Waals surface area contributed by atoms with E-state index in [1.54, 1.807) is 10.9 Å². The predicted molar refractivity (Wildman–Crippen MR) is 138 cm³/mol. The Labute approximate surface area is 209 Å². The molecule has 0 N–H and O–H groups in total. The highest BCUT2D eigenvalue weighted by atomic mass is 32.1. The summed E-state index contributed by atoms with van der Waals surface area (Å²) in [6.07, 6.45) is 6.66. The monoisotopic (exact) mass is 492 g/mol. The third-order valence-electron chi connectivity index (χ3n) is 7.35. The summed E-state index contributed by atoms with van der Waals surface area (Å²) in [4.78, 5) is 48.0. The number of carbonyl (C=O) groups excluding carboxylic acids is 2. The van der Waals surface area contributed by atoms with E-state index in [4.69, 9.17) is 0 Å². The van der Waals surface area contributed by atoms with Gasteiger partial charge in [-0.25, -0.2) is 4.98 Å². The molecule has 5 rings (SSSR count). The lowest BCUT2D eigenvalue weighted by Crippen LogP contribution is -2.45. The molecule has 7 nitrogen and oxygen atoms in total. The lowest BCUT2D eigenvalue weighted by atomic mass is 9.94. The van der Waals surface area contributed by atoms with Crippen LogP contribution in [0.3, 0.4) is 0 Å². The maximum absolute atomic E-state index is 13.3. The van der Waals surface area contributed by atoms with Crippen molar-refractivity contribution in [3.8, 4) is 11.1 Å². The van der Waals surface area contributed by atoms with Crippen molar-refractivity contribution < 1.29 is 9.59 Å². The maximum Gasteiger partial charge on any atom is 0.262 e. The summed E-state index contributed by atoms with van der Waals surface area (Å²) in [7, 11) is 0. The van der Waals surface area contributed by atoms with Crippen LogP contribution in [0.1, 0.15) is 44.1 Å². The molecule has 2 amide bonds. The third-order valence-corrected chi connectivity index (χ3v) is 8.24. The van der Waals surface area contributed by atoms with E-state index < -0.39 is 0 Å². The summed E-state index contributed by atoms with van der Waals surface area (Å²) in [5, 5.41) is 2.60. The second-order valence-corrected chi connectivity index (χ2v) is 10.6. The van der Waals surface area contributed by atoms with Crippen LogP contribution < -0.4 is 5.56 Å². The van der Waals surface area contributed by atoms with E-state index >= 15 is 0 Å². The molecule has 0 radical (unpaired) electrons. The molecule has 0 unspecified atom stereocenters. The van der Waals surface area contributed by atoms with E-state index in [0.29, 0.717) is 29.9 Å². The molecule has 0 bridgehead atoms. The van der Waals surface area contributed by atoms with E-state index in [1.165, 1.54) is 23.3 Å². The largest absolute Gasteiger partial charge is 0.343 e. The van der Waals surface area contributed by atoms with Crippen LogP contribution in [0.25, 0.3) is 21.3 Å². The van der Waals surface area contributed by atoms with Crippen molar-refractivity contribution in [2.45, 2.75) is 52.0 Å². The van der Waals surface area contributed by atoms with Gasteiger partial charge >= 0.3 is 0 Å². The number of carbonyl (C=O) groups is 2. The van der Waals surface area contributed by atoms with Gasteiger partial charge in [-0.3, -0.25) is 19.0 Å². The van der Waals surface area contributed by atoms with Crippen LogP contribution in [0.2, 0.25) is 0 Å². The van der Waals surface area contributed by atoms with Crippen LogP contribution in [0.5, 0.6) is 0 Å². The van der Waals surface area contributed by atoms with E-state index in [9.17, 15) is 14.4 Å². The number of hydrogen-bond acceptors (Lipinski definition) is 5. The first kappa shape index (κ1) is 23.7. The Morgan fingerprint density at radius 2 is 1.71 bits per heavy atom. The third kappa shape index (κ3) is 5.03. The van der Waals surface area contributed by atoms with Crippen LogP contribution in [0.4, 0.5) is 0 Å². The molecular weight excluding hydrogens is 460 g/mol. The topological polar surface area (TPSA) is 75.5 Å². The molecule has 8 heteroatoms. The van der Waals surface area contributed by atoms with Gasteiger partial charge in [0.05, 0.1) is 11.7 Å². The molecule has 2 aliphatic heterocycles. The molecule has 2 aromatic heterocycles. The van der Waals surface area contributed by atoms with Crippen molar-refractivity contribution >= 4 is 33.4 Å². The summed E-state index contributed by atoms with van der Waals surface area (Å²) >= 11 is 1.46. The zero-order valence-corrected chi connectivity index (χ0v) is 21.1. The van der Waals surface area contributed by atoms with Crippen molar-refractivity contribution in [3.05, 3.63) is 51.9 Å². The van der Waals surface area contributed by atoms with Gasteiger partial charge in [0, 0.05) is 56.0 Å². The number of fused-ring (bicyclic) bond motifs is 1. The van der Waals surface area contributed by atoms with Crippen LogP contribution in [0.15, 0.2) is 40.8 Å². The summed E-state index contributed by atoms with van der Waals surface area (Å²) in [5.41, 5.74) is 2.95. The van der Waals surface area contributed by atoms with Crippen molar-refractivity contribution in [1.29, 1.82) is 0 Å². The fourth-order valence-corrected chi connectivity index (χ4v) is 6.10. The van der Waals surface area contributed by atoms with Crippen molar-refractivity contribution in [3.63, 3.8) is 0 Å². The molecule has 4 heterocycles. The highest BCUT2D eigenvalue weighted by Crippen LogP contribution is 2.30. The van der Waals surface area contributed by atoms with Crippen LogP contribution >= 0.6 is 11.3 Å². The van der Waals surface area contributed by atoms with Crippen LogP contribution in [0, 0.1) is 12.8 Å². The average Bonchev–Trinajstić information content (AvgIpc) is 3.34. The first-order valence-electron chi connectivity index (χ1n) is 12.6. The number of amides is 2. The number of hydrogen-bond donors (Lipinski definition) is 0. The van der Waals surface area contributed by atoms with E-state index in [-0.39, 0.29) is 29.7 Å². The Bertz CT molecular complexity index is 1270. The van der Waals surface area contributed by atoms with Crippen molar-refractivity contribution in [1.82, 2.24) is 19.4 Å². The normalized spacial score (nSPS) is 17.2. The number of piperidine rings is 2. The highest BCUT2D eigenvalue weighted by molar-refractivity contribution is 7.17. The minimum atomic E-state index is -0.106. The van der Waals surface area contributed by atoms with Gasteiger partial charge in [0.1, 0.15) is 4.83 Å². The zero-order valence-electron chi connectivity index (χ0n) is 20.2. The number of thiophene rings is 1. The van der Waals surface area contributed by atoms with Gasteiger partial charge in [-0.2, -0.15) is 0 Å². The molecule has 0 aliphatic carbocycles. The van der Waals surface area contributed by atoms with Gasteiger partial charge in [-0.1, -0.05) is 29.8 Å². The Morgan fingerprint density at radius 3 is 2.43 bits per heavy atom. The number of likely N-dealkylation sites (tertiary alicyclic amines) is 2. The highest BCUT2D eigenvalue weighted by Gasteiger charge is 2.30. The number of rotatable bonds is 5. The van der Waals surface area contributed by atoms with Gasteiger partial charge < -0.3 is 9.80 Å². The summed E-state index contributed by atoms with van der Waals surface area (Å²) in [6.45, 7) is 5.31. The molecule has 35 heavy (non-hydrogen) atoms.